The van der Waals surface area contributed by atoms with Gasteiger partial charge in [-0.3, -0.25) is 0 Å². The van der Waals surface area contributed by atoms with Gasteiger partial charge in [0.1, 0.15) is 0 Å². The van der Waals surface area contributed by atoms with E-state index in [2.05, 4.69) is 31.8 Å². The molecule has 0 saturated carbocycles. The second-order valence-corrected chi connectivity index (χ2v) is 6.22. The van der Waals surface area contributed by atoms with Crippen LogP contribution in [0.3, 0.4) is 0 Å². The quantitative estimate of drug-likeness (QED) is 0.572. The zero-order valence-corrected chi connectivity index (χ0v) is 11.6. The molecule has 1 aromatic heterocycles. The first-order valence-electron chi connectivity index (χ1n) is 5.68. The first kappa shape index (κ1) is 13.8. The topological polar surface area (TPSA) is 12.0 Å². The van der Waals surface area contributed by atoms with E-state index in [1.54, 1.807) is 11.3 Å². The van der Waals surface area contributed by atoms with Crippen molar-refractivity contribution in [2.45, 2.75) is 26.7 Å². The van der Waals surface area contributed by atoms with E-state index >= 15 is 0 Å². The molecule has 1 aromatic rings. The smallest absolute Gasteiger partial charge is 0.0931 e. The van der Waals surface area contributed by atoms with E-state index in [1.807, 2.05) is 12.1 Å². The zero-order valence-electron chi connectivity index (χ0n) is 10.1. The molecular formula is C13H20ClNS. The number of halogens is 1. The van der Waals surface area contributed by atoms with Gasteiger partial charge in [-0.15, -0.1) is 17.9 Å². The Morgan fingerprint density at radius 1 is 1.56 bits per heavy atom. The highest BCUT2D eigenvalue weighted by atomic mass is 35.5. The molecule has 0 radical (unpaired) electrons. The van der Waals surface area contributed by atoms with Gasteiger partial charge < -0.3 is 5.32 Å². The summed E-state index contributed by atoms with van der Waals surface area (Å²) in [6, 6.07) is 4.07. The molecule has 0 aliphatic carbocycles. The highest BCUT2D eigenvalue weighted by Gasteiger charge is 2.21. The third-order valence-electron chi connectivity index (χ3n) is 2.66. The van der Waals surface area contributed by atoms with Crippen LogP contribution in [0, 0.1) is 5.41 Å². The fraction of sp³-hybridized carbons (Fsp3) is 0.538. The summed E-state index contributed by atoms with van der Waals surface area (Å²) < 4.78 is 0.864. The minimum Gasteiger partial charge on any atom is -0.316 e. The lowest BCUT2D eigenvalue weighted by molar-refractivity contribution is 0.394. The van der Waals surface area contributed by atoms with Gasteiger partial charge in [-0.2, -0.15) is 0 Å². The molecule has 1 atom stereocenters. The summed E-state index contributed by atoms with van der Waals surface area (Å²) in [5.41, 5.74) is 0.114. The maximum Gasteiger partial charge on any atom is 0.0931 e. The van der Waals surface area contributed by atoms with Gasteiger partial charge in [0.15, 0.2) is 0 Å². The second-order valence-electron chi connectivity index (χ2n) is 4.42. The Bertz CT molecular complexity index is 334. The molecule has 1 nitrogen and oxygen atoms in total. The molecule has 0 fully saturated rings. The van der Waals surface area contributed by atoms with Gasteiger partial charge in [-0.1, -0.05) is 31.5 Å². The van der Waals surface area contributed by atoms with Crippen molar-refractivity contribution in [1.29, 1.82) is 0 Å². The first-order chi connectivity index (χ1) is 7.59. The highest BCUT2D eigenvalue weighted by Crippen LogP contribution is 2.29. The minimum absolute atomic E-state index is 0.114. The number of nitrogens with one attached hydrogen (secondary N) is 1. The van der Waals surface area contributed by atoms with Crippen molar-refractivity contribution in [3.05, 3.63) is 34.0 Å². The minimum atomic E-state index is 0.114. The molecule has 0 bridgehead atoms. The molecule has 1 rings (SSSR count). The Kier molecular flexibility index (Phi) is 5.53. The molecule has 1 heterocycles. The molecule has 1 unspecified atom stereocenters. The molecule has 0 aromatic carbocycles. The van der Waals surface area contributed by atoms with Crippen LogP contribution in [0.25, 0.3) is 0 Å². The fourth-order valence-electron chi connectivity index (χ4n) is 1.60. The molecule has 0 saturated heterocycles. The van der Waals surface area contributed by atoms with Gasteiger partial charge >= 0.3 is 0 Å². The third-order valence-corrected chi connectivity index (χ3v) is 3.89. The summed E-state index contributed by atoms with van der Waals surface area (Å²) in [6.45, 7) is 10.4. The van der Waals surface area contributed by atoms with Crippen LogP contribution >= 0.6 is 22.9 Å². The van der Waals surface area contributed by atoms with E-state index in [9.17, 15) is 0 Å². The van der Waals surface area contributed by atoms with Crippen LogP contribution in [-0.4, -0.2) is 13.1 Å². The number of hydrogen-bond donors (Lipinski definition) is 1. The average molecular weight is 258 g/mol. The van der Waals surface area contributed by atoms with Gasteiger partial charge in [0.05, 0.1) is 4.34 Å². The SMILES string of the molecule is C=CC(C)(CNCCC)Cc1ccc(Cl)s1. The second kappa shape index (κ2) is 6.43. The molecule has 0 aliphatic rings. The zero-order chi connectivity index (χ0) is 12.0. The van der Waals surface area contributed by atoms with Crippen LogP contribution < -0.4 is 5.32 Å². The van der Waals surface area contributed by atoms with Gasteiger partial charge in [0, 0.05) is 16.8 Å². The van der Waals surface area contributed by atoms with Gasteiger partial charge in [0.25, 0.3) is 0 Å². The van der Waals surface area contributed by atoms with Crippen molar-refractivity contribution in [1.82, 2.24) is 5.32 Å². The average Bonchev–Trinajstić information content (AvgIpc) is 2.64. The lowest BCUT2D eigenvalue weighted by atomic mass is 9.86. The van der Waals surface area contributed by atoms with E-state index in [0.29, 0.717) is 0 Å². The Balaban J connectivity index is 2.55. The van der Waals surface area contributed by atoms with Crippen molar-refractivity contribution in [3.63, 3.8) is 0 Å². The van der Waals surface area contributed by atoms with Crippen molar-refractivity contribution in [2.75, 3.05) is 13.1 Å². The van der Waals surface area contributed by atoms with E-state index in [-0.39, 0.29) is 5.41 Å². The maximum atomic E-state index is 5.94. The fourth-order valence-corrected chi connectivity index (χ4v) is 2.89. The Hall–Kier alpha value is -0.310. The molecule has 90 valence electrons. The van der Waals surface area contributed by atoms with E-state index in [1.165, 1.54) is 4.88 Å². The van der Waals surface area contributed by atoms with Crippen LogP contribution in [-0.2, 0) is 6.42 Å². The van der Waals surface area contributed by atoms with Crippen molar-refractivity contribution >= 4 is 22.9 Å². The monoisotopic (exact) mass is 257 g/mol. The van der Waals surface area contributed by atoms with Crippen LogP contribution in [0.4, 0.5) is 0 Å². The predicted octanol–water partition coefficient (Wildman–Crippen LogP) is 4.14. The Labute approximate surface area is 108 Å². The lowest BCUT2D eigenvalue weighted by Gasteiger charge is -2.25. The van der Waals surface area contributed by atoms with Crippen LogP contribution in [0.5, 0.6) is 0 Å². The summed E-state index contributed by atoms with van der Waals surface area (Å²) in [5.74, 6) is 0. The molecule has 0 amide bonds. The summed E-state index contributed by atoms with van der Waals surface area (Å²) in [6.07, 6.45) is 4.21. The number of hydrogen-bond acceptors (Lipinski definition) is 2. The Morgan fingerprint density at radius 3 is 2.81 bits per heavy atom. The molecule has 0 spiro atoms. The maximum absolute atomic E-state index is 5.94. The summed E-state index contributed by atoms with van der Waals surface area (Å²) >= 11 is 7.60. The molecule has 1 N–H and O–H groups in total. The number of rotatable bonds is 7. The number of thiophene rings is 1. The van der Waals surface area contributed by atoms with Crippen molar-refractivity contribution in [2.24, 2.45) is 5.41 Å². The summed E-state index contributed by atoms with van der Waals surface area (Å²) in [5, 5.41) is 3.45. The molecule has 16 heavy (non-hydrogen) atoms. The lowest BCUT2D eigenvalue weighted by Crippen LogP contribution is -2.32. The Morgan fingerprint density at radius 2 is 2.31 bits per heavy atom. The highest BCUT2D eigenvalue weighted by molar-refractivity contribution is 7.16. The van der Waals surface area contributed by atoms with Crippen LogP contribution in [0.15, 0.2) is 24.8 Å². The van der Waals surface area contributed by atoms with Crippen LogP contribution in [0.1, 0.15) is 25.1 Å². The van der Waals surface area contributed by atoms with Crippen molar-refractivity contribution < 1.29 is 0 Å². The van der Waals surface area contributed by atoms with Gasteiger partial charge in [-0.25, -0.2) is 0 Å². The van der Waals surface area contributed by atoms with Crippen LogP contribution in [0.2, 0.25) is 4.34 Å². The molecule has 3 heteroatoms. The van der Waals surface area contributed by atoms with Gasteiger partial charge in [-0.05, 0) is 31.5 Å². The van der Waals surface area contributed by atoms with E-state index in [4.69, 9.17) is 11.6 Å². The van der Waals surface area contributed by atoms with Gasteiger partial charge in [0.2, 0.25) is 0 Å². The largest absolute Gasteiger partial charge is 0.316 e. The predicted molar refractivity (Wildman–Crippen MR) is 74.5 cm³/mol. The third kappa shape index (κ3) is 4.28. The first-order valence-corrected chi connectivity index (χ1v) is 6.87. The summed E-state index contributed by atoms with van der Waals surface area (Å²) in [7, 11) is 0. The normalized spacial score (nSPS) is 14.7. The van der Waals surface area contributed by atoms with E-state index in [0.717, 1.165) is 30.3 Å². The summed E-state index contributed by atoms with van der Waals surface area (Å²) in [4.78, 5) is 1.32. The standard InChI is InChI=1S/C13H20ClNS/c1-4-8-15-10-13(3,5-2)9-11-6-7-12(14)16-11/h5-7,15H,2,4,8-10H2,1,3H3. The van der Waals surface area contributed by atoms with E-state index < -0.39 is 0 Å². The van der Waals surface area contributed by atoms with Crippen molar-refractivity contribution in [3.8, 4) is 0 Å². The molecular weight excluding hydrogens is 238 g/mol. The molecule has 0 aliphatic heterocycles.